The van der Waals surface area contributed by atoms with Crippen LogP contribution in [-0.2, 0) is 11.3 Å². The Bertz CT molecular complexity index is 2070. The number of rotatable bonds is 8. The maximum absolute atomic E-state index is 11.2. The van der Waals surface area contributed by atoms with Gasteiger partial charge in [-0.25, -0.2) is 0 Å². The lowest BCUT2D eigenvalue weighted by Gasteiger charge is -2.27. The van der Waals surface area contributed by atoms with Crippen molar-refractivity contribution < 1.29 is 9.36 Å². The molecule has 1 fully saturated rings. The van der Waals surface area contributed by atoms with Gasteiger partial charge >= 0.3 is 0 Å². The number of carbonyl (C=O) groups excluding carboxylic acids is 1. The molecule has 2 atom stereocenters. The lowest BCUT2D eigenvalue weighted by atomic mass is 9.95. The molecule has 1 aliphatic heterocycles. The summed E-state index contributed by atoms with van der Waals surface area (Å²) in [6.45, 7) is 0.357. The fourth-order valence-corrected chi connectivity index (χ4v) is 7.66. The van der Waals surface area contributed by atoms with E-state index in [4.69, 9.17) is 0 Å². The van der Waals surface area contributed by atoms with Gasteiger partial charge in [0.25, 0.3) is 0 Å². The second kappa shape index (κ2) is 12.7. The van der Waals surface area contributed by atoms with Crippen molar-refractivity contribution in [1.29, 1.82) is 0 Å². The van der Waals surface area contributed by atoms with Crippen LogP contribution in [0.15, 0.2) is 140 Å². The summed E-state index contributed by atoms with van der Waals surface area (Å²) in [5, 5.41) is 1.15. The van der Waals surface area contributed by atoms with Crippen LogP contribution in [0, 0.1) is 0 Å². The third kappa shape index (κ3) is 5.59. The predicted molar refractivity (Wildman–Crippen MR) is 194 cm³/mol. The first kappa shape index (κ1) is 28.9. The Morgan fingerprint density at radius 2 is 1.43 bits per heavy atom. The molecular weight excluding hydrogens is 572 g/mol. The largest absolute Gasteiger partial charge is 0.338 e. The number of pyridine rings is 1. The van der Waals surface area contributed by atoms with Crippen LogP contribution in [0.2, 0.25) is 0 Å². The van der Waals surface area contributed by atoms with Crippen LogP contribution in [0.25, 0.3) is 34.7 Å². The van der Waals surface area contributed by atoms with E-state index in [9.17, 15) is 4.79 Å². The normalized spacial score (nSPS) is 16.7. The number of aldehydes is 1. The minimum absolute atomic E-state index is 0.357. The van der Waals surface area contributed by atoms with Gasteiger partial charge in [0.05, 0.1) is 5.39 Å². The average Bonchev–Trinajstić information content (AvgIpc) is 3.73. The zero-order valence-electron chi connectivity index (χ0n) is 26.4. The van der Waals surface area contributed by atoms with Gasteiger partial charge in [0.2, 0.25) is 12.1 Å². The van der Waals surface area contributed by atoms with E-state index in [-0.39, 0.29) is 0 Å². The quantitative estimate of drug-likeness (QED) is 0.0975. The first-order chi connectivity index (χ1) is 23.3. The van der Waals surface area contributed by atoms with Gasteiger partial charge in [0.1, 0.15) is 0 Å². The first-order valence-corrected chi connectivity index (χ1v) is 16.7. The van der Waals surface area contributed by atoms with Gasteiger partial charge in [0, 0.05) is 35.5 Å². The third-order valence-corrected chi connectivity index (χ3v) is 9.86. The molecule has 3 nitrogen and oxygen atoms in total. The van der Waals surface area contributed by atoms with Crippen LogP contribution in [0.3, 0.4) is 0 Å². The van der Waals surface area contributed by atoms with E-state index in [0.717, 1.165) is 22.8 Å². The van der Waals surface area contributed by atoms with Gasteiger partial charge in [-0.3, -0.25) is 4.79 Å². The summed E-state index contributed by atoms with van der Waals surface area (Å²) in [5.41, 5.74) is 12.4. The Balaban J connectivity index is 1.09. The molecule has 0 saturated heterocycles. The molecule has 2 aliphatic rings. The molecule has 8 rings (SSSR count). The first-order valence-electron chi connectivity index (χ1n) is 16.7. The van der Waals surface area contributed by atoms with Crippen molar-refractivity contribution in [2.75, 3.05) is 4.90 Å². The highest BCUT2D eigenvalue weighted by Crippen LogP contribution is 2.52. The smallest absolute Gasteiger partial charge is 0.213 e. The SMILES string of the molecule is O=CC[n+]1ccc(/C=C/c2ccc3c(c2)C2CCCC2N3c2ccc(C=C(c3ccccc3)c3ccccc3)cc2)c2ccccc21. The summed E-state index contributed by atoms with van der Waals surface area (Å²) < 4.78 is 2.00. The standard InChI is InChI=1S/C44H37N2O/c47-29-28-45-27-26-36(38-14-7-8-16-42(38)45)22-18-32-21-25-44-41(31-32)39-15-9-17-43(39)46(44)37-23-19-33(20-24-37)30-40(34-10-3-1-4-11-34)35-12-5-2-6-13-35/h1-8,10-14,16,18-27,29-31,39,43H,9,15,17,28H2/q+1. The Labute approximate surface area is 276 Å². The third-order valence-electron chi connectivity index (χ3n) is 9.86. The molecule has 1 saturated carbocycles. The number of nitrogens with zero attached hydrogens (tertiary/aromatic N) is 2. The number of hydrogen-bond acceptors (Lipinski definition) is 2. The highest BCUT2D eigenvalue weighted by atomic mass is 16.1. The van der Waals surface area contributed by atoms with E-state index in [1.165, 1.54) is 64.0 Å². The molecule has 2 unspecified atom stereocenters. The number of fused-ring (bicyclic) bond motifs is 4. The molecule has 3 heteroatoms. The van der Waals surface area contributed by atoms with Crippen molar-refractivity contribution in [2.45, 2.75) is 37.8 Å². The fraction of sp³-hybridized carbons (Fsp3) is 0.136. The zero-order chi connectivity index (χ0) is 31.6. The summed E-state index contributed by atoms with van der Waals surface area (Å²) in [7, 11) is 0. The molecular formula is C44H37N2O+. The Morgan fingerprint density at radius 3 is 2.17 bits per heavy atom. The average molecular weight is 610 g/mol. The van der Waals surface area contributed by atoms with Crippen LogP contribution in [0.5, 0.6) is 0 Å². The van der Waals surface area contributed by atoms with Gasteiger partial charge in [0.15, 0.2) is 12.5 Å². The van der Waals surface area contributed by atoms with E-state index in [1.807, 2.05) is 16.8 Å². The van der Waals surface area contributed by atoms with Gasteiger partial charge in [-0.05, 0) is 88.2 Å². The lowest BCUT2D eigenvalue weighted by molar-refractivity contribution is -0.656. The number of benzene rings is 5. The van der Waals surface area contributed by atoms with Crippen molar-refractivity contribution in [2.24, 2.45) is 0 Å². The number of para-hydroxylation sites is 1. The second-order valence-corrected chi connectivity index (χ2v) is 12.6. The molecule has 5 aromatic carbocycles. The molecule has 0 spiro atoms. The maximum atomic E-state index is 11.2. The summed E-state index contributed by atoms with van der Waals surface area (Å²) in [6, 6.07) is 48.3. The molecule has 0 N–H and O–H groups in total. The van der Waals surface area contributed by atoms with E-state index in [1.54, 1.807) is 0 Å². The molecule has 6 aromatic rings. The van der Waals surface area contributed by atoms with Crippen LogP contribution >= 0.6 is 0 Å². The summed E-state index contributed by atoms with van der Waals surface area (Å²) in [4.78, 5) is 13.8. The Kier molecular flexibility index (Phi) is 7.80. The van der Waals surface area contributed by atoms with Crippen molar-refractivity contribution in [3.63, 3.8) is 0 Å². The van der Waals surface area contributed by atoms with Crippen LogP contribution in [-0.4, -0.2) is 12.3 Å². The molecule has 0 amide bonds. The highest BCUT2D eigenvalue weighted by molar-refractivity contribution is 5.92. The number of carbonyl (C=O) groups is 1. The predicted octanol–water partition coefficient (Wildman–Crippen LogP) is 9.87. The second-order valence-electron chi connectivity index (χ2n) is 12.6. The van der Waals surface area contributed by atoms with Crippen LogP contribution in [0.4, 0.5) is 11.4 Å². The summed E-state index contributed by atoms with van der Waals surface area (Å²) in [5.74, 6) is 0.556. The minimum Gasteiger partial charge on any atom is -0.338 e. The number of aromatic nitrogens is 1. The molecule has 1 aromatic heterocycles. The lowest BCUT2D eigenvalue weighted by Crippen LogP contribution is -2.34. The van der Waals surface area contributed by atoms with Gasteiger partial charge in [-0.1, -0.05) is 110 Å². The molecule has 228 valence electrons. The van der Waals surface area contributed by atoms with Crippen molar-refractivity contribution in [1.82, 2.24) is 0 Å². The molecule has 0 radical (unpaired) electrons. The summed E-state index contributed by atoms with van der Waals surface area (Å²) in [6.07, 6.45) is 13.4. The number of hydrogen-bond donors (Lipinski definition) is 0. The van der Waals surface area contributed by atoms with Gasteiger partial charge in [-0.2, -0.15) is 4.57 Å². The topological polar surface area (TPSA) is 24.2 Å². The van der Waals surface area contributed by atoms with E-state index in [2.05, 4.69) is 151 Å². The van der Waals surface area contributed by atoms with E-state index in [0.29, 0.717) is 18.5 Å². The van der Waals surface area contributed by atoms with Gasteiger partial charge < -0.3 is 4.90 Å². The fourth-order valence-electron chi connectivity index (χ4n) is 7.66. The maximum Gasteiger partial charge on any atom is 0.213 e. The summed E-state index contributed by atoms with van der Waals surface area (Å²) >= 11 is 0. The van der Waals surface area contributed by atoms with E-state index >= 15 is 0 Å². The monoisotopic (exact) mass is 609 g/mol. The number of anilines is 2. The Morgan fingerprint density at radius 1 is 0.723 bits per heavy atom. The Hall–Kier alpha value is -5.54. The molecule has 0 bridgehead atoms. The van der Waals surface area contributed by atoms with Crippen LogP contribution in [0.1, 0.15) is 58.6 Å². The van der Waals surface area contributed by atoms with Crippen molar-refractivity contribution >= 4 is 52.4 Å². The zero-order valence-corrected chi connectivity index (χ0v) is 26.4. The highest BCUT2D eigenvalue weighted by Gasteiger charge is 2.42. The van der Waals surface area contributed by atoms with Crippen LogP contribution < -0.4 is 9.47 Å². The molecule has 47 heavy (non-hydrogen) atoms. The molecule has 1 aliphatic carbocycles. The van der Waals surface area contributed by atoms with Crippen molar-refractivity contribution in [3.05, 3.63) is 173 Å². The minimum atomic E-state index is 0.357. The van der Waals surface area contributed by atoms with E-state index < -0.39 is 0 Å². The van der Waals surface area contributed by atoms with Crippen molar-refractivity contribution in [3.8, 4) is 0 Å². The molecule has 2 heterocycles. The van der Waals surface area contributed by atoms with Gasteiger partial charge in [-0.15, -0.1) is 0 Å².